The van der Waals surface area contributed by atoms with Gasteiger partial charge in [0.15, 0.2) is 5.82 Å². The molecule has 0 spiro atoms. The zero-order chi connectivity index (χ0) is 14.5. The molecule has 112 valence electrons. The van der Waals surface area contributed by atoms with Gasteiger partial charge in [-0.1, -0.05) is 26.2 Å². The van der Waals surface area contributed by atoms with Crippen LogP contribution in [0, 0.1) is 3.57 Å². The summed E-state index contributed by atoms with van der Waals surface area (Å²) in [4.78, 5) is 9.31. The topological polar surface area (TPSA) is 61.0 Å². The molecule has 0 bridgehead atoms. The summed E-state index contributed by atoms with van der Waals surface area (Å²) >= 11 is 2.29. The molecule has 1 heterocycles. The number of hydrogen-bond donors (Lipinski definition) is 1. The van der Waals surface area contributed by atoms with E-state index in [1.165, 1.54) is 25.7 Å². The normalized spacial score (nSPS) is 17.6. The van der Waals surface area contributed by atoms with E-state index < -0.39 is 0 Å². The molecular weight excluding hydrogens is 365 g/mol. The summed E-state index contributed by atoms with van der Waals surface area (Å²) in [6.07, 6.45) is 7.01. The first-order valence-electron chi connectivity index (χ1n) is 7.61. The van der Waals surface area contributed by atoms with Gasteiger partial charge in [-0.15, -0.1) is 0 Å². The molecule has 1 aliphatic rings. The van der Waals surface area contributed by atoms with Crippen molar-refractivity contribution in [2.75, 3.05) is 12.3 Å². The van der Waals surface area contributed by atoms with E-state index in [0.29, 0.717) is 18.3 Å². The molecule has 1 aromatic heterocycles. The molecule has 0 amide bonds. The van der Waals surface area contributed by atoms with Crippen LogP contribution in [0.3, 0.4) is 0 Å². The first kappa shape index (κ1) is 15.9. The maximum Gasteiger partial charge on any atom is 0.159 e. The van der Waals surface area contributed by atoms with E-state index in [-0.39, 0.29) is 6.10 Å². The van der Waals surface area contributed by atoms with Gasteiger partial charge in [0, 0.05) is 12.5 Å². The van der Waals surface area contributed by atoms with Crippen molar-refractivity contribution >= 4 is 28.4 Å². The van der Waals surface area contributed by atoms with Crippen LogP contribution in [0.5, 0.6) is 0 Å². The van der Waals surface area contributed by atoms with Crippen molar-refractivity contribution in [3.63, 3.8) is 0 Å². The Hall–Kier alpha value is -0.430. The maximum absolute atomic E-state index is 6.11. The van der Waals surface area contributed by atoms with Crippen LogP contribution < -0.4 is 5.73 Å². The number of nitrogen functional groups attached to an aromatic ring is 1. The zero-order valence-corrected chi connectivity index (χ0v) is 14.5. The number of rotatable bonds is 6. The van der Waals surface area contributed by atoms with Gasteiger partial charge < -0.3 is 10.5 Å². The summed E-state index contributed by atoms with van der Waals surface area (Å²) in [6, 6.07) is 0. The zero-order valence-electron chi connectivity index (χ0n) is 12.4. The second-order valence-electron chi connectivity index (χ2n) is 5.38. The molecule has 0 aromatic carbocycles. The molecule has 4 nitrogen and oxygen atoms in total. The van der Waals surface area contributed by atoms with E-state index in [9.17, 15) is 0 Å². The lowest BCUT2D eigenvalue weighted by atomic mass is 10.0. The van der Waals surface area contributed by atoms with Crippen LogP contribution in [-0.4, -0.2) is 16.6 Å². The van der Waals surface area contributed by atoms with Crippen LogP contribution in [-0.2, 0) is 4.74 Å². The highest BCUT2D eigenvalue weighted by Crippen LogP contribution is 2.37. The summed E-state index contributed by atoms with van der Waals surface area (Å²) in [6.45, 7) is 4.84. The fourth-order valence-electron chi connectivity index (χ4n) is 2.87. The summed E-state index contributed by atoms with van der Waals surface area (Å²) in [5, 5.41) is 0. The van der Waals surface area contributed by atoms with Gasteiger partial charge in [-0.2, -0.15) is 0 Å². The van der Waals surface area contributed by atoms with E-state index in [1.54, 1.807) is 0 Å². The number of aromatic nitrogens is 2. The number of anilines is 1. The highest BCUT2D eigenvalue weighted by atomic mass is 127. The predicted octanol–water partition coefficient (Wildman–Crippen LogP) is 4.20. The number of ether oxygens (including phenoxy) is 1. The van der Waals surface area contributed by atoms with Gasteiger partial charge in [-0.25, -0.2) is 9.97 Å². The van der Waals surface area contributed by atoms with Gasteiger partial charge >= 0.3 is 0 Å². The van der Waals surface area contributed by atoms with Gasteiger partial charge in [0.25, 0.3) is 0 Å². The van der Waals surface area contributed by atoms with Crippen LogP contribution in [0.15, 0.2) is 0 Å². The lowest BCUT2D eigenvalue weighted by Crippen LogP contribution is -2.15. The van der Waals surface area contributed by atoms with Crippen molar-refractivity contribution in [3.05, 3.63) is 15.1 Å². The Labute approximate surface area is 135 Å². The van der Waals surface area contributed by atoms with Crippen LogP contribution >= 0.6 is 22.6 Å². The van der Waals surface area contributed by atoms with Crippen LogP contribution in [0.1, 0.15) is 75.9 Å². The quantitative estimate of drug-likeness (QED) is 0.741. The van der Waals surface area contributed by atoms with Crippen molar-refractivity contribution in [1.29, 1.82) is 0 Å². The Morgan fingerprint density at radius 1 is 1.30 bits per heavy atom. The van der Waals surface area contributed by atoms with Crippen LogP contribution in [0.2, 0.25) is 0 Å². The Morgan fingerprint density at radius 3 is 2.60 bits per heavy atom. The summed E-state index contributed by atoms with van der Waals surface area (Å²) < 4.78 is 6.83. The van der Waals surface area contributed by atoms with Crippen molar-refractivity contribution in [2.24, 2.45) is 0 Å². The molecule has 1 unspecified atom stereocenters. The molecule has 0 radical (unpaired) electrons. The molecule has 1 aromatic rings. The molecular formula is C15H24IN3O. The second-order valence-corrected chi connectivity index (χ2v) is 6.46. The van der Waals surface area contributed by atoms with Gasteiger partial charge in [-0.3, -0.25) is 0 Å². The smallest absolute Gasteiger partial charge is 0.159 e. The minimum Gasteiger partial charge on any atom is -0.383 e. The first-order chi connectivity index (χ1) is 9.67. The average Bonchev–Trinajstić information content (AvgIpc) is 2.95. The molecule has 2 N–H and O–H groups in total. The van der Waals surface area contributed by atoms with E-state index in [1.807, 2.05) is 6.92 Å². The SMILES string of the molecule is CCCC(OCC)c1nc(N)c(I)c(C2CCCC2)n1. The molecule has 1 atom stereocenters. The monoisotopic (exact) mass is 389 g/mol. The van der Waals surface area contributed by atoms with E-state index >= 15 is 0 Å². The van der Waals surface area contributed by atoms with Crippen molar-refractivity contribution in [2.45, 2.75) is 64.4 Å². The van der Waals surface area contributed by atoms with Gasteiger partial charge in [0.1, 0.15) is 11.9 Å². The number of nitrogens with zero attached hydrogens (tertiary/aromatic N) is 2. The van der Waals surface area contributed by atoms with Crippen molar-refractivity contribution in [3.8, 4) is 0 Å². The number of halogens is 1. The molecule has 1 saturated carbocycles. The minimum absolute atomic E-state index is 0.0237. The largest absolute Gasteiger partial charge is 0.383 e. The Morgan fingerprint density at radius 2 is 2.00 bits per heavy atom. The molecule has 0 aliphatic heterocycles. The number of hydrogen-bond acceptors (Lipinski definition) is 4. The highest BCUT2D eigenvalue weighted by Gasteiger charge is 2.25. The van der Waals surface area contributed by atoms with Gasteiger partial charge in [0.05, 0.1) is 9.26 Å². The predicted molar refractivity (Wildman–Crippen MR) is 89.6 cm³/mol. The first-order valence-corrected chi connectivity index (χ1v) is 8.69. The van der Waals surface area contributed by atoms with Crippen LogP contribution in [0.4, 0.5) is 5.82 Å². The van der Waals surface area contributed by atoms with Crippen LogP contribution in [0.25, 0.3) is 0 Å². The van der Waals surface area contributed by atoms with E-state index in [0.717, 1.165) is 27.9 Å². The Balaban J connectivity index is 2.33. The third-order valence-corrected chi connectivity index (χ3v) is 4.97. The third kappa shape index (κ3) is 3.61. The van der Waals surface area contributed by atoms with Crippen molar-refractivity contribution in [1.82, 2.24) is 9.97 Å². The minimum atomic E-state index is -0.0237. The highest BCUT2D eigenvalue weighted by molar-refractivity contribution is 14.1. The summed E-state index contributed by atoms with van der Waals surface area (Å²) in [5.41, 5.74) is 7.25. The molecule has 0 saturated heterocycles. The molecule has 20 heavy (non-hydrogen) atoms. The second kappa shape index (κ2) is 7.54. The fourth-order valence-corrected chi connectivity index (χ4v) is 3.55. The lowest BCUT2D eigenvalue weighted by molar-refractivity contribution is 0.0492. The summed E-state index contributed by atoms with van der Waals surface area (Å²) in [7, 11) is 0. The Bertz CT molecular complexity index is 441. The summed E-state index contributed by atoms with van der Waals surface area (Å²) in [5.74, 6) is 1.93. The molecule has 1 aliphatic carbocycles. The van der Waals surface area contributed by atoms with E-state index in [2.05, 4.69) is 34.5 Å². The lowest BCUT2D eigenvalue weighted by Gasteiger charge is -2.19. The standard InChI is InChI=1S/C15H24IN3O/c1-3-7-11(20-4-2)15-18-13(10-8-5-6-9-10)12(16)14(17)19-15/h10-11H,3-9H2,1-2H3,(H2,17,18,19). The Kier molecular flexibility index (Phi) is 6.01. The molecule has 5 heteroatoms. The number of nitrogens with two attached hydrogens (primary N) is 1. The molecule has 1 fully saturated rings. The van der Waals surface area contributed by atoms with E-state index in [4.69, 9.17) is 15.5 Å². The van der Waals surface area contributed by atoms with Crippen molar-refractivity contribution < 1.29 is 4.74 Å². The maximum atomic E-state index is 6.11. The fraction of sp³-hybridized carbons (Fsp3) is 0.733. The van der Waals surface area contributed by atoms with Gasteiger partial charge in [-0.05, 0) is 48.8 Å². The average molecular weight is 389 g/mol. The molecule has 2 rings (SSSR count). The van der Waals surface area contributed by atoms with Gasteiger partial charge in [0.2, 0.25) is 0 Å². The third-order valence-electron chi connectivity index (χ3n) is 3.87.